The molecule has 0 bridgehead atoms. The molecule has 2 rings (SSSR count). The van der Waals surface area contributed by atoms with Crippen molar-refractivity contribution < 1.29 is 13.2 Å². The topological polar surface area (TPSA) is 39.7 Å². The Hall–Kier alpha value is -1.92. The third-order valence-electron chi connectivity index (χ3n) is 2.28. The molecular formula is C10H11F3N4. The summed E-state index contributed by atoms with van der Waals surface area (Å²) in [6.07, 6.45) is -4.34. The maximum atomic E-state index is 12.5. The van der Waals surface area contributed by atoms with Crippen molar-refractivity contribution >= 4 is 17.3 Å². The van der Waals surface area contributed by atoms with Crippen molar-refractivity contribution in [3.8, 4) is 0 Å². The second kappa shape index (κ2) is 3.83. The lowest BCUT2D eigenvalue weighted by molar-refractivity contribution is -0.137. The Morgan fingerprint density at radius 3 is 2.47 bits per heavy atom. The van der Waals surface area contributed by atoms with Gasteiger partial charge in [0.2, 0.25) is 5.96 Å². The van der Waals surface area contributed by atoms with Gasteiger partial charge in [-0.3, -0.25) is 10.9 Å². The number of hydrogen-bond acceptors (Lipinski definition) is 4. The summed E-state index contributed by atoms with van der Waals surface area (Å²) in [5, 5.41) is 0. The molecule has 0 spiro atoms. The SMILES string of the molecule is CN(C)C1=Nc2ccc(C(F)(F)F)cc2NN1. The number of hydrazine groups is 1. The van der Waals surface area contributed by atoms with Crippen LogP contribution in [0.25, 0.3) is 0 Å². The highest BCUT2D eigenvalue weighted by Crippen LogP contribution is 2.35. The van der Waals surface area contributed by atoms with E-state index in [0.29, 0.717) is 17.3 Å². The molecule has 0 fully saturated rings. The summed E-state index contributed by atoms with van der Waals surface area (Å²) in [5.74, 6) is 0.539. The van der Waals surface area contributed by atoms with Gasteiger partial charge >= 0.3 is 6.18 Å². The van der Waals surface area contributed by atoms with E-state index in [2.05, 4.69) is 15.8 Å². The first-order valence-corrected chi connectivity index (χ1v) is 4.87. The molecule has 1 aliphatic rings. The van der Waals surface area contributed by atoms with Crippen molar-refractivity contribution in [3.63, 3.8) is 0 Å². The van der Waals surface area contributed by atoms with E-state index in [1.54, 1.807) is 19.0 Å². The zero-order valence-corrected chi connectivity index (χ0v) is 9.26. The maximum absolute atomic E-state index is 12.5. The van der Waals surface area contributed by atoms with Crippen molar-refractivity contribution in [1.82, 2.24) is 10.3 Å². The number of aliphatic imine (C=N–C) groups is 1. The third-order valence-corrected chi connectivity index (χ3v) is 2.28. The van der Waals surface area contributed by atoms with Gasteiger partial charge in [-0.2, -0.15) is 13.2 Å². The Balaban J connectivity index is 2.38. The highest BCUT2D eigenvalue weighted by molar-refractivity contribution is 5.89. The van der Waals surface area contributed by atoms with Gasteiger partial charge in [0.25, 0.3) is 0 Å². The van der Waals surface area contributed by atoms with Crippen LogP contribution in [0.4, 0.5) is 24.5 Å². The number of anilines is 1. The van der Waals surface area contributed by atoms with E-state index in [0.717, 1.165) is 12.1 Å². The number of nitrogens with one attached hydrogen (secondary N) is 2. The van der Waals surface area contributed by atoms with Crippen LogP contribution >= 0.6 is 0 Å². The van der Waals surface area contributed by atoms with Gasteiger partial charge in [-0.1, -0.05) is 0 Å². The molecule has 92 valence electrons. The lowest BCUT2D eigenvalue weighted by atomic mass is 10.1. The molecule has 0 aromatic heterocycles. The Morgan fingerprint density at radius 1 is 1.18 bits per heavy atom. The first kappa shape index (κ1) is 11.6. The van der Waals surface area contributed by atoms with Gasteiger partial charge in [0.15, 0.2) is 0 Å². The maximum Gasteiger partial charge on any atom is 0.416 e. The van der Waals surface area contributed by atoms with Crippen LogP contribution in [-0.2, 0) is 6.18 Å². The number of alkyl halides is 3. The Kier molecular flexibility index (Phi) is 2.60. The summed E-state index contributed by atoms with van der Waals surface area (Å²) in [7, 11) is 3.56. The summed E-state index contributed by atoms with van der Waals surface area (Å²) in [6, 6.07) is 3.39. The summed E-state index contributed by atoms with van der Waals surface area (Å²) >= 11 is 0. The molecule has 1 aromatic rings. The third kappa shape index (κ3) is 2.27. The molecule has 0 unspecified atom stereocenters. The standard InChI is InChI=1S/C10H11F3N4/c1-17(2)9-14-7-4-3-6(10(11,12)13)5-8(7)15-16-9/h3-5,15H,1-2H3,(H,14,16). The average Bonchev–Trinajstić information content (AvgIpc) is 2.26. The van der Waals surface area contributed by atoms with Crippen molar-refractivity contribution in [2.24, 2.45) is 4.99 Å². The molecule has 0 saturated carbocycles. The fourth-order valence-electron chi connectivity index (χ4n) is 1.39. The van der Waals surface area contributed by atoms with Crippen LogP contribution in [0.5, 0.6) is 0 Å². The average molecular weight is 244 g/mol. The molecule has 1 heterocycles. The molecular weight excluding hydrogens is 233 g/mol. The van der Waals surface area contributed by atoms with Gasteiger partial charge in [0.05, 0.1) is 16.9 Å². The predicted octanol–water partition coefficient (Wildman–Crippen LogP) is 2.18. The molecule has 1 aliphatic heterocycles. The van der Waals surface area contributed by atoms with E-state index in [1.807, 2.05) is 0 Å². The number of hydrogen-bond donors (Lipinski definition) is 2. The minimum atomic E-state index is -4.34. The number of guanidine groups is 1. The van der Waals surface area contributed by atoms with E-state index >= 15 is 0 Å². The fraction of sp³-hybridized carbons (Fsp3) is 0.300. The van der Waals surface area contributed by atoms with Gasteiger partial charge in [0, 0.05) is 14.1 Å². The molecule has 7 heteroatoms. The van der Waals surface area contributed by atoms with E-state index < -0.39 is 11.7 Å². The zero-order valence-electron chi connectivity index (χ0n) is 9.26. The van der Waals surface area contributed by atoms with Crippen molar-refractivity contribution in [1.29, 1.82) is 0 Å². The first-order chi connectivity index (χ1) is 7.88. The molecule has 0 amide bonds. The van der Waals surface area contributed by atoms with Crippen LogP contribution in [0, 0.1) is 0 Å². The number of nitrogens with zero attached hydrogens (tertiary/aromatic N) is 2. The zero-order chi connectivity index (χ0) is 12.6. The Labute approximate surface area is 96.1 Å². The van der Waals surface area contributed by atoms with E-state index in [-0.39, 0.29) is 0 Å². The molecule has 17 heavy (non-hydrogen) atoms. The van der Waals surface area contributed by atoms with E-state index in [1.165, 1.54) is 6.07 Å². The molecule has 0 saturated heterocycles. The van der Waals surface area contributed by atoms with E-state index in [4.69, 9.17) is 0 Å². The second-order valence-corrected chi connectivity index (χ2v) is 3.81. The quantitative estimate of drug-likeness (QED) is 0.734. The number of halogens is 3. The summed E-state index contributed by atoms with van der Waals surface area (Å²) in [5.41, 5.74) is 5.48. The smallest absolute Gasteiger partial charge is 0.347 e. The number of rotatable bonds is 0. The van der Waals surface area contributed by atoms with Crippen LogP contribution in [-0.4, -0.2) is 25.0 Å². The van der Waals surface area contributed by atoms with Crippen LogP contribution in [0.2, 0.25) is 0 Å². The summed E-state index contributed by atoms with van der Waals surface area (Å²) in [4.78, 5) is 5.89. The van der Waals surface area contributed by atoms with Gasteiger partial charge in [-0.15, -0.1) is 0 Å². The fourth-order valence-corrected chi connectivity index (χ4v) is 1.39. The molecule has 4 nitrogen and oxygen atoms in total. The summed E-state index contributed by atoms with van der Waals surface area (Å²) in [6.45, 7) is 0. The highest BCUT2D eigenvalue weighted by Gasteiger charge is 2.31. The van der Waals surface area contributed by atoms with Crippen LogP contribution < -0.4 is 10.9 Å². The molecule has 0 atom stereocenters. The largest absolute Gasteiger partial charge is 0.416 e. The van der Waals surface area contributed by atoms with Gasteiger partial charge in [-0.25, -0.2) is 4.99 Å². The predicted molar refractivity (Wildman–Crippen MR) is 59.0 cm³/mol. The molecule has 0 aliphatic carbocycles. The van der Waals surface area contributed by atoms with Crippen LogP contribution in [0.15, 0.2) is 23.2 Å². The molecule has 2 N–H and O–H groups in total. The molecule has 0 radical (unpaired) electrons. The lowest BCUT2D eigenvalue weighted by Gasteiger charge is -2.24. The summed E-state index contributed by atoms with van der Waals surface area (Å²) < 4.78 is 37.4. The first-order valence-electron chi connectivity index (χ1n) is 4.87. The normalized spacial score (nSPS) is 14.3. The van der Waals surface area contributed by atoms with Gasteiger partial charge in [-0.05, 0) is 18.2 Å². The van der Waals surface area contributed by atoms with Crippen LogP contribution in [0.1, 0.15) is 5.56 Å². The van der Waals surface area contributed by atoms with Gasteiger partial charge < -0.3 is 4.90 Å². The second-order valence-electron chi connectivity index (χ2n) is 3.81. The van der Waals surface area contributed by atoms with Crippen molar-refractivity contribution in [2.75, 3.05) is 19.5 Å². The molecule has 1 aromatic carbocycles. The van der Waals surface area contributed by atoms with Gasteiger partial charge in [0.1, 0.15) is 0 Å². The van der Waals surface area contributed by atoms with Crippen molar-refractivity contribution in [3.05, 3.63) is 23.8 Å². The lowest BCUT2D eigenvalue weighted by Crippen LogP contribution is -2.41. The minimum Gasteiger partial charge on any atom is -0.347 e. The highest BCUT2D eigenvalue weighted by atomic mass is 19.4. The Morgan fingerprint density at radius 2 is 1.88 bits per heavy atom. The number of fused-ring (bicyclic) bond motifs is 1. The monoisotopic (exact) mass is 244 g/mol. The van der Waals surface area contributed by atoms with Crippen LogP contribution in [0.3, 0.4) is 0 Å². The Bertz CT molecular complexity index is 465. The van der Waals surface area contributed by atoms with Crippen molar-refractivity contribution in [2.45, 2.75) is 6.18 Å². The number of benzene rings is 1. The van der Waals surface area contributed by atoms with E-state index in [9.17, 15) is 13.2 Å². The minimum absolute atomic E-state index is 0.311.